The average Bonchev–Trinajstić information content (AvgIpc) is 3.14. The molecule has 0 atom stereocenters. The van der Waals surface area contributed by atoms with E-state index in [-0.39, 0.29) is 16.6 Å². The lowest BCUT2D eigenvalue weighted by atomic mass is 9.96. The Hall–Kier alpha value is -3.90. The van der Waals surface area contributed by atoms with Crippen molar-refractivity contribution >= 4 is 23.2 Å². The minimum absolute atomic E-state index is 0.103. The number of hydrogen-bond donors (Lipinski definition) is 0. The maximum Gasteiger partial charge on any atom is 0.573 e. The molecule has 0 saturated carbocycles. The Balaban J connectivity index is 2.19. The summed E-state index contributed by atoms with van der Waals surface area (Å²) in [4.78, 5) is 30.8. The zero-order valence-electron chi connectivity index (χ0n) is 23.0. The molecule has 218 valence electrons. The van der Waals surface area contributed by atoms with Crippen molar-refractivity contribution in [1.82, 2.24) is 14.5 Å². The van der Waals surface area contributed by atoms with Gasteiger partial charge in [-0.15, -0.1) is 13.2 Å². The van der Waals surface area contributed by atoms with Crippen LogP contribution in [0.1, 0.15) is 59.1 Å². The highest BCUT2D eigenvalue weighted by atomic mass is 19.4. The van der Waals surface area contributed by atoms with Crippen molar-refractivity contribution in [2.75, 3.05) is 0 Å². The summed E-state index contributed by atoms with van der Waals surface area (Å²) < 4.78 is 82.9. The summed E-state index contributed by atoms with van der Waals surface area (Å²) in [5, 5.41) is 0. The number of imide groups is 1. The summed E-state index contributed by atoms with van der Waals surface area (Å²) >= 11 is 0. The first-order valence-corrected chi connectivity index (χ1v) is 12.1. The van der Waals surface area contributed by atoms with Gasteiger partial charge in [0.2, 0.25) is 0 Å². The zero-order valence-corrected chi connectivity index (χ0v) is 23.0. The number of fused-ring (bicyclic) bond motifs is 1. The zero-order chi connectivity index (χ0) is 30.2. The van der Waals surface area contributed by atoms with Crippen LogP contribution in [0.3, 0.4) is 0 Å². The normalized spacial score (nSPS) is 12.5. The second-order valence-corrected chi connectivity index (χ2v) is 11.0. The van der Waals surface area contributed by atoms with Crippen LogP contribution in [0, 0.1) is 0 Å². The summed E-state index contributed by atoms with van der Waals surface area (Å²) in [6, 6.07) is 6.16. The number of carbonyl (C=O) groups is 2. The Labute approximate surface area is 227 Å². The number of benzene rings is 2. The summed E-state index contributed by atoms with van der Waals surface area (Å²) in [5.41, 5.74) is -1.85. The standard InChI is InChI=1S/C27H30F5N3O5/c1-25(2,3)39-23(36)35(24(37)40-26(4,5)6)13-16-12-18(15-8-10-17(11-9-15)38-27(30,31)32)21-20(19(16)22(28)29)33-14-34(21)7/h8-12,14,22H,13H2,1-7H3. The number of imidazole rings is 1. The fourth-order valence-corrected chi connectivity index (χ4v) is 3.86. The molecular weight excluding hydrogens is 541 g/mol. The lowest BCUT2D eigenvalue weighted by Crippen LogP contribution is -2.43. The number of alkyl halides is 5. The predicted molar refractivity (Wildman–Crippen MR) is 136 cm³/mol. The van der Waals surface area contributed by atoms with E-state index in [0.29, 0.717) is 16.0 Å². The summed E-state index contributed by atoms with van der Waals surface area (Å²) in [5.74, 6) is -0.469. The maximum absolute atomic E-state index is 14.5. The molecule has 13 heteroatoms. The van der Waals surface area contributed by atoms with Crippen molar-refractivity contribution in [2.45, 2.75) is 72.1 Å². The van der Waals surface area contributed by atoms with Crippen LogP contribution in [0.4, 0.5) is 31.5 Å². The first kappa shape index (κ1) is 30.6. The third-order valence-electron chi connectivity index (χ3n) is 5.29. The van der Waals surface area contributed by atoms with E-state index < -0.39 is 54.0 Å². The number of nitrogens with zero attached hydrogens (tertiary/aromatic N) is 3. The molecule has 0 radical (unpaired) electrons. The van der Waals surface area contributed by atoms with Gasteiger partial charge in [0.25, 0.3) is 6.43 Å². The van der Waals surface area contributed by atoms with Gasteiger partial charge < -0.3 is 18.8 Å². The van der Waals surface area contributed by atoms with E-state index in [1.807, 2.05) is 0 Å². The van der Waals surface area contributed by atoms with Gasteiger partial charge in [0.05, 0.1) is 29.5 Å². The number of ether oxygens (including phenoxy) is 3. The van der Waals surface area contributed by atoms with Crippen molar-refractivity contribution in [3.8, 4) is 16.9 Å². The highest BCUT2D eigenvalue weighted by Crippen LogP contribution is 2.38. The van der Waals surface area contributed by atoms with E-state index in [2.05, 4.69) is 9.72 Å². The number of hydrogen-bond acceptors (Lipinski definition) is 6. The van der Waals surface area contributed by atoms with Gasteiger partial charge in [-0.3, -0.25) is 0 Å². The van der Waals surface area contributed by atoms with Gasteiger partial charge >= 0.3 is 18.5 Å². The Morgan fingerprint density at radius 3 is 1.93 bits per heavy atom. The lowest BCUT2D eigenvalue weighted by molar-refractivity contribution is -0.274. The van der Waals surface area contributed by atoms with Crippen LogP contribution in [-0.2, 0) is 23.1 Å². The van der Waals surface area contributed by atoms with Crippen LogP contribution in [0.25, 0.3) is 22.2 Å². The molecule has 1 aromatic heterocycles. The second-order valence-electron chi connectivity index (χ2n) is 11.0. The highest BCUT2D eigenvalue weighted by molar-refractivity contribution is 5.96. The van der Waals surface area contributed by atoms with E-state index in [1.165, 1.54) is 29.1 Å². The SMILES string of the molecule is Cn1cnc2c(C(F)F)c(CN(C(=O)OC(C)(C)C)C(=O)OC(C)(C)C)cc(-c3ccc(OC(F)(F)F)cc3)c21. The Kier molecular flexibility index (Phi) is 8.37. The van der Waals surface area contributed by atoms with Crippen LogP contribution < -0.4 is 4.74 Å². The molecular formula is C27H30F5N3O5. The van der Waals surface area contributed by atoms with Gasteiger partial charge in [0.15, 0.2) is 0 Å². The Morgan fingerprint density at radius 2 is 1.48 bits per heavy atom. The molecule has 0 fully saturated rings. The average molecular weight is 572 g/mol. The van der Waals surface area contributed by atoms with E-state index >= 15 is 0 Å². The molecule has 1 heterocycles. The molecule has 0 aliphatic heterocycles. The van der Waals surface area contributed by atoms with Gasteiger partial charge in [-0.25, -0.2) is 28.3 Å². The minimum Gasteiger partial charge on any atom is -0.443 e. The number of halogens is 5. The largest absolute Gasteiger partial charge is 0.573 e. The van der Waals surface area contributed by atoms with Crippen molar-refractivity contribution in [2.24, 2.45) is 7.05 Å². The van der Waals surface area contributed by atoms with Gasteiger partial charge in [0.1, 0.15) is 17.0 Å². The smallest absolute Gasteiger partial charge is 0.443 e. The third-order valence-corrected chi connectivity index (χ3v) is 5.29. The summed E-state index contributed by atoms with van der Waals surface area (Å²) in [7, 11) is 1.57. The molecule has 2 amide bonds. The van der Waals surface area contributed by atoms with Crippen LogP contribution in [0.2, 0.25) is 0 Å². The number of carbonyl (C=O) groups excluding carboxylic acids is 2. The molecule has 8 nitrogen and oxygen atoms in total. The molecule has 0 saturated heterocycles. The van der Waals surface area contributed by atoms with Gasteiger partial charge in [-0.05, 0) is 70.9 Å². The van der Waals surface area contributed by atoms with Gasteiger partial charge in [-0.2, -0.15) is 0 Å². The highest BCUT2D eigenvalue weighted by Gasteiger charge is 2.34. The van der Waals surface area contributed by atoms with Crippen molar-refractivity contribution in [3.63, 3.8) is 0 Å². The molecule has 0 bridgehead atoms. The fourth-order valence-electron chi connectivity index (χ4n) is 3.86. The molecule has 0 unspecified atom stereocenters. The lowest BCUT2D eigenvalue weighted by Gasteiger charge is -2.29. The topological polar surface area (TPSA) is 82.9 Å². The number of aromatic nitrogens is 2. The van der Waals surface area contributed by atoms with Crippen LogP contribution >= 0.6 is 0 Å². The van der Waals surface area contributed by atoms with Crippen molar-refractivity contribution < 1.29 is 45.8 Å². The third kappa shape index (κ3) is 7.60. The first-order valence-electron chi connectivity index (χ1n) is 12.1. The monoisotopic (exact) mass is 571 g/mol. The Bertz CT molecular complexity index is 1360. The van der Waals surface area contributed by atoms with Crippen LogP contribution in [-0.4, -0.2) is 44.2 Å². The quantitative estimate of drug-likeness (QED) is 0.291. The molecule has 0 aliphatic carbocycles. The summed E-state index contributed by atoms with van der Waals surface area (Å²) in [6.45, 7) is 8.80. The van der Waals surface area contributed by atoms with E-state index in [4.69, 9.17) is 9.47 Å². The minimum atomic E-state index is -4.89. The summed E-state index contributed by atoms with van der Waals surface area (Å²) in [6.07, 6.45) is -8.86. The Morgan fingerprint density at radius 1 is 0.950 bits per heavy atom. The fraction of sp³-hybridized carbons (Fsp3) is 0.444. The molecule has 0 spiro atoms. The first-order chi connectivity index (χ1) is 18.3. The second kappa shape index (κ2) is 10.9. The molecule has 3 aromatic rings. The number of amides is 2. The maximum atomic E-state index is 14.5. The van der Waals surface area contributed by atoms with Crippen LogP contribution in [0.5, 0.6) is 5.75 Å². The van der Waals surface area contributed by atoms with Crippen molar-refractivity contribution in [1.29, 1.82) is 0 Å². The van der Waals surface area contributed by atoms with E-state index in [9.17, 15) is 31.5 Å². The molecule has 0 aliphatic rings. The predicted octanol–water partition coefficient (Wildman–Crippen LogP) is 7.75. The van der Waals surface area contributed by atoms with Crippen molar-refractivity contribution in [3.05, 3.63) is 47.8 Å². The van der Waals surface area contributed by atoms with E-state index in [1.54, 1.807) is 48.6 Å². The number of rotatable bonds is 5. The molecule has 0 N–H and O–H groups in total. The van der Waals surface area contributed by atoms with Crippen LogP contribution in [0.15, 0.2) is 36.7 Å². The number of aryl methyl sites for hydroxylation is 1. The van der Waals surface area contributed by atoms with E-state index in [0.717, 1.165) is 12.1 Å². The molecule has 3 rings (SSSR count). The van der Waals surface area contributed by atoms with Gasteiger partial charge in [0, 0.05) is 12.6 Å². The van der Waals surface area contributed by atoms with Gasteiger partial charge in [-0.1, -0.05) is 12.1 Å². The molecule has 2 aromatic carbocycles. The molecule has 40 heavy (non-hydrogen) atoms.